The van der Waals surface area contributed by atoms with E-state index >= 15 is 0 Å². The molecule has 0 atom stereocenters. The monoisotopic (exact) mass is 222 g/mol. The van der Waals surface area contributed by atoms with E-state index in [1.807, 2.05) is 0 Å². The third-order valence-electron chi connectivity index (χ3n) is 2.28. The van der Waals surface area contributed by atoms with Gasteiger partial charge in [-0.2, -0.15) is 13.2 Å². The Kier molecular flexibility index (Phi) is 3.73. The molecule has 0 saturated heterocycles. The minimum Gasteiger partial charge on any atom is -0.339 e. The van der Waals surface area contributed by atoms with Crippen LogP contribution in [0.3, 0.4) is 0 Å². The van der Waals surface area contributed by atoms with Crippen LogP contribution < -0.4 is 5.73 Å². The quantitative estimate of drug-likeness (QED) is 0.710. The molecule has 1 amide bonds. The van der Waals surface area contributed by atoms with Crippen molar-refractivity contribution in [1.29, 1.82) is 0 Å². The topological polar surface area (TPSA) is 46.3 Å². The minimum absolute atomic E-state index is 0.0354. The molecule has 1 aliphatic heterocycles. The Morgan fingerprint density at radius 1 is 1.53 bits per heavy atom. The van der Waals surface area contributed by atoms with Gasteiger partial charge in [-0.1, -0.05) is 6.08 Å². The lowest BCUT2D eigenvalue weighted by atomic mass is 10.1. The zero-order chi connectivity index (χ0) is 11.5. The summed E-state index contributed by atoms with van der Waals surface area (Å²) >= 11 is 0. The molecule has 1 rings (SSSR count). The van der Waals surface area contributed by atoms with Gasteiger partial charge in [-0.15, -0.1) is 0 Å². The van der Waals surface area contributed by atoms with E-state index in [2.05, 4.69) is 0 Å². The molecular weight excluding hydrogens is 209 g/mol. The van der Waals surface area contributed by atoms with Gasteiger partial charge in [0.1, 0.15) is 0 Å². The van der Waals surface area contributed by atoms with E-state index in [0.29, 0.717) is 0 Å². The van der Waals surface area contributed by atoms with Gasteiger partial charge in [0.2, 0.25) is 5.91 Å². The smallest absolute Gasteiger partial charge is 0.339 e. The van der Waals surface area contributed by atoms with Crippen molar-refractivity contribution in [1.82, 2.24) is 4.90 Å². The van der Waals surface area contributed by atoms with E-state index in [1.165, 1.54) is 4.90 Å². The van der Waals surface area contributed by atoms with Crippen LogP contribution in [-0.4, -0.2) is 36.6 Å². The van der Waals surface area contributed by atoms with Crippen LogP contribution in [-0.2, 0) is 4.79 Å². The molecule has 1 aliphatic rings. The fourth-order valence-corrected chi connectivity index (χ4v) is 1.43. The molecule has 0 spiro atoms. The molecule has 0 bridgehead atoms. The van der Waals surface area contributed by atoms with E-state index in [1.54, 1.807) is 0 Å². The van der Waals surface area contributed by atoms with Crippen molar-refractivity contribution < 1.29 is 18.0 Å². The van der Waals surface area contributed by atoms with Crippen molar-refractivity contribution >= 4 is 5.91 Å². The molecule has 0 aromatic carbocycles. The number of halogens is 3. The Bertz CT molecular complexity index is 273. The maximum Gasteiger partial charge on any atom is 0.412 e. The molecule has 0 aromatic rings. The molecule has 0 fully saturated rings. The van der Waals surface area contributed by atoms with Crippen molar-refractivity contribution in [3.63, 3.8) is 0 Å². The molecule has 0 radical (unpaired) electrons. The van der Waals surface area contributed by atoms with E-state index in [9.17, 15) is 18.0 Å². The molecule has 0 unspecified atom stereocenters. The van der Waals surface area contributed by atoms with Crippen molar-refractivity contribution in [3.05, 3.63) is 11.6 Å². The van der Waals surface area contributed by atoms with Crippen LogP contribution in [0.25, 0.3) is 0 Å². The second-order valence-electron chi connectivity index (χ2n) is 3.36. The number of nitrogens with two attached hydrogens (primary N) is 1. The average Bonchev–Trinajstić information content (AvgIpc) is 2.17. The summed E-state index contributed by atoms with van der Waals surface area (Å²) in [5.41, 5.74) is 4.65. The maximum atomic E-state index is 12.2. The lowest BCUT2D eigenvalue weighted by Crippen LogP contribution is -2.37. The van der Waals surface area contributed by atoms with Gasteiger partial charge in [-0.3, -0.25) is 4.79 Å². The van der Waals surface area contributed by atoms with Crippen molar-refractivity contribution in [2.45, 2.75) is 19.0 Å². The Balaban J connectivity index is 2.54. The van der Waals surface area contributed by atoms with Crippen LogP contribution in [0.2, 0.25) is 0 Å². The Hall–Kier alpha value is -1.04. The van der Waals surface area contributed by atoms with Gasteiger partial charge in [-0.25, -0.2) is 0 Å². The fraction of sp³-hybridized carbons (Fsp3) is 0.667. The summed E-state index contributed by atoms with van der Waals surface area (Å²) in [6.07, 6.45) is -3.13. The number of carbonyl (C=O) groups is 1. The normalized spacial score (nSPS) is 17.6. The second kappa shape index (κ2) is 4.65. The van der Waals surface area contributed by atoms with Gasteiger partial charge in [0.05, 0.1) is 0 Å². The minimum atomic E-state index is -4.26. The van der Waals surface area contributed by atoms with Crippen LogP contribution in [0.1, 0.15) is 12.8 Å². The summed E-state index contributed by atoms with van der Waals surface area (Å²) in [4.78, 5) is 12.7. The lowest BCUT2D eigenvalue weighted by molar-refractivity contribution is -0.131. The van der Waals surface area contributed by atoms with Gasteiger partial charge in [-0.05, 0) is 6.42 Å². The zero-order valence-electron chi connectivity index (χ0n) is 8.18. The van der Waals surface area contributed by atoms with Gasteiger partial charge in [0.15, 0.2) is 0 Å². The number of carbonyl (C=O) groups excluding carboxylic acids is 1. The highest BCUT2D eigenvalue weighted by molar-refractivity contribution is 5.76. The first-order chi connectivity index (χ1) is 6.95. The van der Waals surface area contributed by atoms with E-state index in [4.69, 9.17) is 5.73 Å². The summed E-state index contributed by atoms with van der Waals surface area (Å²) in [5.74, 6) is -0.185. The first kappa shape index (κ1) is 12.0. The van der Waals surface area contributed by atoms with Crippen molar-refractivity contribution in [2.75, 3.05) is 19.6 Å². The highest BCUT2D eigenvalue weighted by Crippen LogP contribution is 2.30. The van der Waals surface area contributed by atoms with E-state index in [0.717, 1.165) is 6.08 Å². The fourth-order valence-electron chi connectivity index (χ4n) is 1.43. The molecule has 86 valence electrons. The summed E-state index contributed by atoms with van der Waals surface area (Å²) in [6.45, 7) is 0.392. The molecule has 15 heavy (non-hydrogen) atoms. The predicted octanol–water partition coefficient (Wildman–Crippen LogP) is 1.06. The highest BCUT2D eigenvalue weighted by atomic mass is 19.4. The molecule has 0 aliphatic carbocycles. The SMILES string of the molecule is NCCC(=O)N1CC=C(C(F)(F)F)CC1. The molecule has 1 heterocycles. The van der Waals surface area contributed by atoms with E-state index in [-0.39, 0.29) is 38.4 Å². The van der Waals surface area contributed by atoms with Gasteiger partial charge in [0, 0.05) is 31.6 Å². The molecule has 6 heteroatoms. The number of hydrogen-bond acceptors (Lipinski definition) is 2. The van der Waals surface area contributed by atoms with Crippen molar-refractivity contribution in [3.8, 4) is 0 Å². The highest BCUT2D eigenvalue weighted by Gasteiger charge is 2.35. The zero-order valence-corrected chi connectivity index (χ0v) is 8.18. The number of alkyl halides is 3. The molecule has 0 aromatic heterocycles. The van der Waals surface area contributed by atoms with Crippen molar-refractivity contribution in [2.24, 2.45) is 5.73 Å². The Morgan fingerprint density at radius 3 is 2.60 bits per heavy atom. The summed E-state index contributed by atoms with van der Waals surface area (Å²) < 4.78 is 36.7. The largest absolute Gasteiger partial charge is 0.412 e. The summed E-state index contributed by atoms with van der Waals surface area (Å²) in [5, 5.41) is 0. The number of hydrogen-bond donors (Lipinski definition) is 1. The Morgan fingerprint density at radius 2 is 2.20 bits per heavy atom. The predicted molar refractivity (Wildman–Crippen MR) is 49.0 cm³/mol. The van der Waals surface area contributed by atoms with Crippen LogP contribution in [0.5, 0.6) is 0 Å². The Labute approximate surface area is 85.7 Å². The first-order valence-corrected chi connectivity index (χ1v) is 4.69. The molecule has 2 N–H and O–H groups in total. The standard InChI is InChI=1S/C9H13F3N2O/c10-9(11,12)7-2-5-14(6-3-7)8(15)1-4-13/h2H,1,3-6,13H2. The van der Waals surface area contributed by atoms with E-state index < -0.39 is 11.7 Å². The van der Waals surface area contributed by atoms with Gasteiger partial charge in [0.25, 0.3) is 0 Å². The summed E-state index contributed by atoms with van der Waals surface area (Å²) in [7, 11) is 0. The number of rotatable bonds is 2. The number of nitrogens with zero attached hydrogens (tertiary/aromatic N) is 1. The second-order valence-corrected chi connectivity index (χ2v) is 3.36. The first-order valence-electron chi connectivity index (χ1n) is 4.69. The van der Waals surface area contributed by atoms with Crippen LogP contribution in [0.4, 0.5) is 13.2 Å². The summed E-state index contributed by atoms with van der Waals surface area (Å²) in [6, 6.07) is 0. The van der Waals surface area contributed by atoms with Gasteiger partial charge >= 0.3 is 6.18 Å². The maximum absolute atomic E-state index is 12.2. The van der Waals surface area contributed by atoms with Crippen LogP contribution in [0.15, 0.2) is 11.6 Å². The lowest BCUT2D eigenvalue weighted by Gasteiger charge is -2.27. The average molecular weight is 222 g/mol. The molecule has 3 nitrogen and oxygen atoms in total. The van der Waals surface area contributed by atoms with Crippen LogP contribution in [0, 0.1) is 0 Å². The molecular formula is C9H13F3N2O. The third-order valence-corrected chi connectivity index (χ3v) is 2.28. The van der Waals surface area contributed by atoms with Gasteiger partial charge < -0.3 is 10.6 Å². The number of amides is 1. The molecule has 0 saturated carbocycles. The third kappa shape index (κ3) is 3.23. The van der Waals surface area contributed by atoms with Crippen LogP contribution >= 0.6 is 0 Å².